The normalized spacial score (nSPS) is 16.6. The van der Waals surface area contributed by atoms with Crippen LogP contribution < -0.4 is 5.32 Å². The Kier molecular flexibility index (Phi) is 4.15. The van der Waals surface area contributed by atoms with E-state index in [1.54, 1.807) is 0 Å². The van der Waals surface area contributed by atoms with Crippen molar-refractivity contribution in [3.8, 4) is 11.4 Å². The zero-order chi connectivity index (χ0) is 15.4. The summed E-state index contributed by atoms with van der Waals surface area (Å²) >= 11 is 0. The molecule has 0 aliphatic heterocycles. The molecule has 3 rings (SSSR count). The van der Waals surface area contributed by atoms with Crippen LogP contribution in [0.25, 0.3) is 11.4 Å². The molecule has 0 unspecified atom stereocenters. The van der Waals surface area contributed by atoms with Crippen LogP contribution in [0.2, 0.25) is 0 Å². The van der Waals surface area contributed by atoms with Gasteiger partial charge in [-0.15, -0.1) is 10.2 Å². The molecule has 0 saturated heterocycles. The van der Waals surface area contributed by atoms with E-state index in [9.17, 15) is 9.90 Å². The molecular weight excluding hydrogens is 282 g/mol. The molecule has 1 fully saturated rings. The minimum atomic E-state index is -0.472. The van der Waals surface area contributed by atoms with Crippen LogP contribution in [-0.4, -0.2) is 43.4 Å². The van der Waals surface area contributed by atoms with E-state index in [2.05, 4.69) is 20.7 Å². The molecule has 7 heteroatoms. The molecular formula is C15H19N5O2. The molecule has 0 atom stereocenters. The SMILES string of the molecule is O=C(Cn1nnc(-c2ccccc2)n1)NC1(CO)CCCC1. The lowest BCUT2D eigenvalue weighted by molar-refractivity contribution is -0.124. The Labute approximate surface area is 128 Å². The van der Waals surface area contributed by atoms with Crippen molar-refractivity contribution in [3.63, 3.8) is 0 Å². The fourth-order valence-corrected chi connectivity index (χ4v) is 2.85. The molecule has 1 aromatic carbocycles. The van der Waals surface area contributed by atoms with Gasteiger partial charge in [-0.3, -0.25) is 4.79 Å². The average molecular weight is 301 g/mol. The highest BCUT2D eigenvalue weighted by Crippen LogP contribution is 2.29. The van der Waals surface area contributed by atoms with Crippen LogP contribution in [0.5, 0.6) is 0 Å². The lowest BCUT2D eigenvalue weighted by Crippen LogP contribution is -2.50. The minimum Gasteiger partial charge on any atom is -0.394 e. The first kappa shape index (κ1) is 14.6. The number of amides is 1. The van der Waals surface area contributed by atoms with Crippen molar-refractivity contribution >= 4 is 5.91 Å². The van der Waals surface area contributed by atoms with E-state index < -0.39 is 5.54 Å². The molecule has 116 valence electrons. The van der Waals surface area contributed by atoms with Gasteiger partial charge >= 0.3 is 0 Å². The smallest absolute Gasteiger partial charge is 0.244 e. The number of aromatic nitrogens is 4. The largest absolute Gasteiger partial charge is 0.394 e. The summed E-state index contributed by atoms with van der Waals surface area (Å²) in [7, 11) is 0. The fraction of sp³-hybridized carbons (Fsp3) is 0.467. The van der Waals surface area contributed by atoms with Gasteiger partial charge in [0.25, 0.3) is 0 Å². The first-order chi connectivity index (χ1) is 10.7. The number of rotatable bonds is 5. The predicted octanol–water partition coefficient (Wildman–Crippen LogP) is 0.761. The second-order valence-electron chi connectivity index (χ2n) is 5.70. The van der Waals surface area contributed by atoms with Crippen molar-refractivity contribution in [2.45, 2.75) is 37.8 Å². The summed E-state index contributed by atoms with van der Waals surface area (Å²) in [6.45, 7) is -0.0274. The van der Waals surface area contributed by atoms with Crippen LogP contribution in [0.3, 0.4) is 0 Å². The summed E-state index contributed by atoms with van der Waals surface area (Å²) < 4.78 is 0. The third-order valence-electron chi connectivity index (χ3n) is 4.04. The lowest BCUT2D eigenvalue weighted by atomic mass is 9.99. The maximum Gasteiger partial charge on any atom is 0.244 e. The summed E-state index contributed by atoms with van der Waals surface area (Å²) in [6.07, 6.45) is 3.69. The van der Waals surface area contributed by atoms with Gasteiger partial charge in [0.05, 0.1) is 12.1 Å². The van der Waals surface area contributed by atoms with Crippen molar-refractivity contribution < 1.29 is 9.90 Å². The van der Waals surface area contributed by atoms with Gasteiger partial charge in [0.15, 0.2) is 0 Å². The number of nitrogens with one attached hydrogen (secondary N) is 1. The maximum absolute atomic E-state index is 12.1. The molecule has 0 spiro atoms. The Hall–Kier alpha value is -2.28. The van der Waals surface area contributed by atoms with Crippen LogP contribution in [0, 0.1) is 0 Å². The number of aliphatic hydroxyl groups is 1. The molecule has 1 aliphatic rings. The number of nitrogens with zero attached hydrogens (tertiary/aromatic N) is 4. The molecule has 2 N–H and O–H groups in total. The van der Waals surface area contributed by atoms with Crippen LogP contribution in [-0.2, 0) is 11.3 Å². The highest BCUT2D eigenvalue weighted by Gasteiger charge is 2.34. The van der Waals surface area contributed by atoms with Gasteiger partial charge in [0, 0.05) is 5.56 Å². The monoisotopic (exact) mass is 301 g/mol. The molecule has 2 aromatic rings. The van der Waals surface area contributed by atoms with E-state index in [0.717, 1.165) is 31.2 Å². The number of aliphatic hydroxyl groups excluding tert-OH is 1. The molecule has 1 aromatic heterocycles. The van der Waals surface area contributed by atoms with Gasteiger partial charge in [0.1, 0.15) is 6.54 Å². The van der Waals surface area contributed by atoms with Crippen molar-refractivity contribution in [2.24, 2.45) is 0 Å². The van der Waals surface area contributed by atoms with Gasteiger partial charge < -0.3 is 10.4 Å². The standard InChI is InChI=1S/C15H19N5O2/c21-11-15(8-4-5-9-15)16-13(22)10-20-18-14(17-19-20)12-6-2-1-3-7-12/h1-3,6-7,21H,4-5,8-11H2,(H,16,22). The van der Waals surface area contributed by atoms with Gasteiger partial charge in [-0.1, -0.05) is 43.2 Å². The minimum absolute atomic E-state index is 0.00157. The van der Waals surface area contributed by atoms with Crippen LogP contribution in [0.4, 0.5) is 0 Å². The summed E-state index contributed by atoms with van der Waals surface area (Å²) in [5, 5.41) is 24.5. The number of hydrogen-bond acceptors (Lipinski definition) is 5. The second kappa shape index (κ2) is 6.23. The number of carbonyl (C=O) groups excluding carboxylic acids is 1. The quantitative estimate of drug-likeness (QED) is 0.850. The summed E-state index contributed by atoms with van der Waals surface area (Å²) in [5.74, 6) is 0.291. The van der Waals surface area contributed by atoms with Crippen molar-refractivity contribution in [1.29, 1.82) is 0 Å². The zero-order valence-electron chi connectivity index (χ0n) is 12.3. The van der Waals surface area contributed by atoms with Gasteiger partial charge in [-0.05, 0) is 18.1 Å². The number of hydrogen-bond donors (Lipinski definition) is 2. The van der Waals surface area contributed by atoms with E-state index in [1.807, 2.05) is 30.3 Å². The topological polar surface area (TPSA) is 92.9 Å². The highest BCUT2D eigenvalue weighted by molar-refractivity contribution is 5.76. The van der Waals surface area contributed by atoms with E-state index in [-0.39, 0.29) is 19.1 Å². The van der Waals surface area contributed by atoms with Crippen molar-refractivity contribution in [1.82, 2.24) is 25.5 Å². The highest BCUT2D eigenvalue weighted by atomic mass is 16.3. The van der Waals surface area contributed by atoms with Gasteiger partial charge in [-0.25, -0.2) is 0 Å². The molecule has 7 nitrogen and oxygen atoms in total. The first-order valence-electron chi connectivity index (χ1n) is 7.46. The molecule has 1 aliphatic carbocycles. The molecule has 22 heavy (non-hydrogen) atoms. The maximum atomic E-state index is 12.1. The summed E-state index contributed by atoms with van der Waals surface area (Å²) in [4.78, 5) is 13.4. The van der Waals surface area contributed by atoms with E-state index >= 15 is 0 Å². The average Bonchev–Trinajstić information content (AvgIpc) is 3.18. The van der Waals surface area contributed by atoms with Crippen molar-refractivity contribution in [2.75, 3.05) is 6.61 Å². The Morgan fingerprint density at radius 1 is 1.27 bits per heavy atom. The Balaban J connectivity index is 1.64. The Bertz CT molecular complexity index is 634. The molecule has 0 bridgehead atoms. The third-order valence-corrected chi connectivity index (χ3v) is 4.04. The van der Waals surface area contributed by atoms with Gasteiger partial charge in [0.2, 0.25) is 11.7 Å². The Morgan fingerprint density at radius 2 is 2.00 bits per heavy atom. The predicted molar refractivity (Wildman–Crippen MR) is 79.7 cm³/mol. The van der Waals surface area contributed by atoms with Crippen LogP contribution in [0.1, 0.15) is 25.7 Å². The summed E-state index contributed by atoms with van der Waals surface area (Å²) in [5.41, 5.74) is 0.386. The van der Waals surface area contributed by atoms with Crippen LogP contribution >= 0.6 is 0 Å². The molecule has 1 saturated carbocycles. The second-order valence-corrected chi connectivity index (χ2v) is 5.70. The van der Waals surface area contributed by atoms with Crippen molar-refractivity contribution in [3.05, 3.63) is 30.3 Å². The van der Waals surface area contributed by atoms with E-state index in [4.69, 9.17) is 0 Å². The first-order valence-corrected chi connectivity index (χ1v) is 7.46. The number of carbonyl (C=O) groups is 1. The van der Waals surface area contributed by atoms with Gasteiger partial charge in [-0.2, -0.15) is 4.80 Å². The molecule has 0 radical (unpaired) electrons. The fourth-order valence-electron chi connectivity index (χ4n) is 2.85. The Morgan fingerprint density at radius 3 is 2.68 bits per heavy atom. The van der Waals surface area contributed by atoms with Crippen LogP contribution in [0.15, 0.2) is 30.3 Å². The number of benzene rings is 1. The summed E-state index contributed by atoms with van der Waals surface area (Å²) in [6, 6.07) is 9.49. The lowest BCUT2D eigenvalue weighted by Gasteiger charge is -2.27. The molecule has 1 heterocycles. The molecule has 1 amide bonds. The van der Waals surface area contributed by atoms with E-state index in [1.165, 1.54) is 4.80 Å². The van der Waals surface area contributed by atoms with E-state index in [0.29, 0.717) is 5.82 Å². The zero-order valence-corrected chi connectivity index (χ0v) is 12.3. The number of tetrazole rings is 1. The third kappa shape index (κ3) is 3.14.